The molecular formula is C26H20N4O3S. The zero-order valence-corrected chi connectivity index (χ0v) is 19.1. The van der Waals surface area contributed by atoms with Crippen molar-refractivity contribution in [3.63, 3.8) is 0 Å². The number of thiophene rings is 1. The highest BCUT2D eigenvalue weighted by Crippen LogP contribution is 2.36. The average molecular weight is 469 g/mol. The fraction of sp³-hybridized carbons (Fsp3) is 0.0769. The molecule has 8 heteroatoms. The molecule has 0 unspecified atom stereocenters. The summed E-state index contributed by atoms with van der Waals surface area (Å²) in [5.74, 6) is -1.17. The Hall–Kier alpha value is -4.48. The second-order valence-electron chi connectivity index (χ2n) is 7.13. The molecule has 2 N–H and O–H groups in total. The average Bonchev–Trinajstić information content (AvgIpc) is 3.51. The molecule has 0 saturated heterocycles. The third kappa shape index (κ3) is 4.80. The highest BCUT2D eigenvalue weighted by molar-refractivity contribution is 7.15. The van der Waals surface area contributed by atoms with Crippen molar-refractivity contribution in [1.82, 2.24) is 10.2 Å². The van der Waals surface area contributed by atoms with Crippen LogP contribution in [0.25, 0.3) is 28.5 Å². The van der Waals surface area contributed by atoms with E-state index in [2.05, 4.69) is 15.5 Å². The van der Waals surface area contributed by atoms with Crippen molar-refractivity contribution in [2.45, 2.75) is 6.92 Å². The number of rotatable bonds is 7. The summed E-state index contributed by atoms with van der Waals surface area (Å²) in [5.41, 5.74) is 3.78. The molecule has 34 heavy (non-hydrogen) atoms. The number of anilines is 1. The molecular weight excluding hydrogens is 448 g/mol. The molecule has 2 heterocycles. The maximum atomic E-state index is 13.0. The molecule has 0 fully saturated rings. The van der Waals surface area contributed by atoms with E-state index in [4.69, 9.17) is 4.74 Å². The molecule has 7 nitrogen and oxygen atoms in total. The van der Waals surface area contributed by atoms with Crippen LogP contribution in [0.15, 0.2) is 77.8 Å². The summed E-state index contributed by atoms with van der Waals surface area (Å²) in [4.78, 5) is 25.8. The number of nitrogens with one attached hydrogen (secondary N) is 2. The molecule has 0 radical (unpaired) electrons. The lowest BCUT2D eigenvalue weighted by Gasteiger charge is -2.08. The molecule has 4 aromatic rings. The van der Waals surface area contributed by atoms with Gasteiger partial charge in [0.1, 0.15) is 22.2 Å². The summed E-state index contributed by atoms with van der Waals surface area (Å²) < 4.78 is 5.23. The highest BCUT2D eigenvalue weighted by Gasteiger charge is 2.24. The molecule has 168 valence electrons. The number of aromatic amines is 1. The van der Waals surface area contributed by atoms with Crippen molar-refractivity contribution in [2.24, 2.45) is 0 Å². The Morgan fingerprint density at radius 2 is 1.79 bits per heavy atom. The van der Waals surface area contributed by atoms with E-state index in [0.29, 0.717) is 21.8 Å². The summed E-state index contributed by atoms with van der Waals surface area (Å²) in [6, 6.07) is 20.8. The first-order chi connectivity index (χ1) is 16.6. The lowest BCUT2D eigenvalue weighted by Crippen LogP contribution is -2.16. The van der Waals surface area contributed by atoms with Crippen molar-refractivity contribution in [1.29, 1.82) is 5.26 Å². The van der Waals surface area contributed by atoms with Gasteiger partial charge >= 0.3 is 5.97 Å². The van der Waals surface area contributed by atoms with Crippen LogP contribution in [-0.2, 0) is 9.53 Å². The van der Waals surface area contributed by atoms with Gasteiger partial charge in [0.25, 0.3) is 5.91 Å². The molecule has 0 aliphatic heterocycles. The number of hydrogen-bond acceptors (Lipinski definition) is 6. The fourth-order valence-electron chi connectivity index (χ4n) is 3.40. The van der Waals surface area contributed by atoms with Crippen LogP contribution < -0.4 is 5.32 Å². The number of H-pyrrole nitrogens is 1. The molecule has 2 aromatic carbocycles. The van der Waals surface area contributed by atoms with E-state index in [9.17, 15) is 14.9 Å². The number of benzene rings is 2. The molecule has 0 saturated carbocycles. The third-order valence-electron chi connectivity index (χ3n) is 4.98. The SMILES string of the molecule is CCOC(=O)c1c(-c2ccccc2)csc1NC(=O)C(C#N)=Cc1cn[nH]c1-c1ccccc1. The van der Waals surface area contributed by atoms with Crippen LogP contribution in [0.2, 0.25) is 0 Å². The van der Waals surface area contributed by atoms with E-state index in [1.807, 2.05) is 66.7 Å². The number of nitriles is 1. The van der Waals surface area contributed by atoms with Gasteiger partial charge in [0.2, 0.25) is 0 Å². The van der Waals surface area contributed by atoms with E-state index >= 15 is 0 Å². The maximum absolute atomic E-state index is 13.0. The Bertz CT molecular complexity index is 1380. The largest absolute Gasteiger partial charge is 0.462 e. The number of hydrogen-bond donors (Lipinski definition) is 2. The second kappa shape index (κ2) is 10.4. The number of carbonyl (C=O) groups is 2. The van der Waals surface area contributed by atoms with Gasteiger partial charge in [-0.25, -0.2) is 4.79 Å². The molecule has 2 aromatic heterocycles. The molecule has 0 bridgehead atoms. The molecule has 0 atom stereocenters. The van der Waals surface area contributed by atoms with Crippen molar-refractivity contribution in [3.05, 3.63) is 88.9 Å². The molecule has 0 aliphatic carbocycles. The molecule has 0 spiro atoms. The topological polar surface area (TPSA) is 108 Å². The lowest BCUT2D eigenvalue weighted by molar-refractivity contribution is -0.112. The van der Waals surface area contributed by atoms with Gasteiger partial charge < -0.3 is 10.1 Å². The van der Waals surface area contributed by atoms with Crippen molar-refractivity contribution in [3.8, 4) is 28.5 Å². The number of ether oxygens (including phenoxy) is 1. The number of aromatic nitrogens is 2. The minimum absolute atomic E-state index is 0.122. The number of esters is 1. The van der Waals surface area contributed by atoms with Gasteiger partial charge in [0.05, 0.1) is 18.5 Å². The first-order valence-electron chi connectivity index (χ1n) is 10.5. The van der Waals surface area contributed by atoms with Gasteiger partial charge in [0, 0.05) is 22.1 Å². The van der Waals surface area contributed by atoms with Crippen LogP contribution in [-0.4, -0.2) is 28.7 Å². The predicted molar refractivity (Wildman–Crippen MR) is 132 cm³/mol. The Balaban J connectivity index is 1.66. The van der Waals surface area contributed by atoms with Gasteiger partial charge in [-0.05, 0) is 18.6 Å². The van der Waals surface area contributed by atoms with Crippen LogP contribution in [0.1, 0.15) is 22.8 Å². The Morgan fingerprint density at radius 1 is 1.12 bits per heavy atom. The molecule has 0 aliphatic rings. The number of amides is 1. The normalized spacial score (nSPS) is 11.0. The van der Waals surface area contributed by atoms with E-state index in [0.717, 1.165) is 11.1 Å². The molecule has 4 rings (SSSR count). The van der Waals surface area contributed by atoms with E-state index < -0.39 is 11.9 Å². The molecule has 1 amide bonds. The third-order valence-corrected chi connectivity index (χ3v) is 5.87. The first kappa shape index (κ1) is 22.7. The summed E-state index contributed by atoms with van der Waals surface area (Å²) in [6.45, 7) is 1.92. The van der Waals surface area contributed by atoms with Crippen LogP contribution >= 0.6 is 11.3 Å². The monoisotopic (exact) mass is 468 g/mol. The van der Waals surface area contributed by atoms with Crippen molar-refractivity contribution >= 4 is 34.3 Å². The van der Waals surface area contributed by atoms with E-state index in [-0.39, 0.29) is 17.7 Å². The summed E-state index contributed by atoms with van der Waals surface area (Å²) >= 11 is 1.20. The summed E-state index contributed by atoms with van der Waals surface area (Å²) in [5, 5.41) is 21.5. The standard InChI is InChI=1S/C26H20N4O3S/c1-2-33-26(32)22-21(17-9-5-3-6-10-17)16-34-25(22)29-24(31)19(14-27)13-20-15-28-30-23(20)18-11-7-4-8-12-18/h3-13,15-16H,2H2,1H3,(H,28,30)(H,29,31). The minimum Gasteiger partial charge on any atom is -0.462 e. The number of nitrogens with zero attached hydrogens (tertiary/aromatic N) is 2. The quantitative estimate of drug-likeness (QED) is 0.211. The van der Waals surface area contributed by atoms with E-state index in [1.54, 1.807) is 18.5 Å². The zero-order chi connectivity index (χ0) is 23.9. The van der Waals surface area contributed by atoms with Crippen LogP contribution in [0.4, 0.5) is 5.00 Å². The Labute approximate surface area is 200 Å². The van der Waals surface area contributed by atoms with Gasteiger partial charge in [-0.15, -0.1) is 11.3 Å². The second-order valence-corrected chi connectivity index (χ2v) is 8.01. The first-order valence-corrected chi connectivity index (χ1v) is 11.4. The summed E-state index contributed by atoms with van der Waals surface area (Å²) in [6.07, 6.45) is 3.02. The summed E-state index contributed by atoms with van der Waals surface area (Å²) in [7, 11) is 0. The predicted octanol–water partition coefficient (Wildman–Crippen LogP) is 5.53. The van der Waals surface area contributed by atoms with Gasteiger partial charge in [-0.1, -0.05) is 60.7 Å². The lowest BCUT2D eigenvalue weighted by atomic mass is 10.0. The van der Waals surface area contributed by atoms with Gasteiger partial charge in [-0.2, -0.15) is 10.4 Å². The Kier molecular flexibility index (Phi) is 6.96. The fourth-order valence-corrected chi connectivity index (χ4v) is 4.35. The smallest absolute Gasteiger partial charge is 0.341 e. The van der Waals surface area contributed by atoms with E-state index in [1.165, 1.54) is 17.4 Å². The maximum Gasteiger partial charge on any atom is 0.341 e. The van der Waals surface area contributed by atoms with Crippen LogP contribution in [0.3, 0.4) is 0 Å². The van der Waals surface area contributed by atoms with Crippen LogP contribution in [0.5, 0.6) is 0 Å². The highest BCUT2D eigenvalue weighted by atomic mass is 32.1. The number of carbonyl (C=O) groups excluding carboxylic acids is 2. The van der Waals surface area contributed by atoms with Crippen LogP contribution in [0, 0.1) is 11.3 Å². The van der Waals surface area contributed by atoms with Gasteiger partial charge in [0.15, 0.2) is 0 Å². The zero-order valence-electron chi connectivity index (χ0n) is 18.2. The Morgan fingerprint density at radius 3 is 2.44 bits per heavy atom. The minimum atomic E-state index is -0.630. The van der Waals surface area contributed by atoms with Crippen molar-refractivity contribution < 1.29 is 14.3 Å². The van der Waals surface area contributed by atoms with Gasteiger partial charge in [-0.3, -0.25) is 9.89 Å². The van der Waals surface area contributed by atoms with Crippen molar-refractivity contribution in [2.75, 3.05) is 11.9 Å².